The van der Waals surface area contributed by atoms with Crippen LogP contribution in [0.1, 0.15) is 16.1 Å². The third-order valence-electron chi connectivity index (χ3n) is 4.21. The number of carbonyl (C=O) groups is 1. The molecule has 0 saturated carbocycles. The number of nitrogens with two attached hydrogens (primary N) is 1. The molecule has 28 heavy (non-hydrogen) atoms. The van der Waals surface area contributed by atoms with E-state index in [9.17, 15) is 13.6 Å². The van der Waals surface area contributed by atoms with Crippen molar-refractivity contribution < 1.29 is 13.6 Å². The molecule has 9 heteroatoms. The van der Waals surface area contributed by atoms with E-state index in [1.807, 2.05) is 4.90 Å². The zero-order valence-electron chi connectivity index (χ0n) is 15.6. The lowest BCUT2D eigenvalue weighted by molar-refractivity contribution is 0.0822. The smallest absolute Gasteiger partial charge is 0.272 e. The number of halogens is 2. The molecule has 0 spiro atoms. The maximum Gasteiger partial charge on any atom is 0.272 e. The summed E-state index contributed by atoms with van der Waals surface area (Å²) in [5.74, 6) is -1.09. The molecule has 0 atom stereocenters. The minimum Gasteiger partial charge on any atom is -0.400 e. The first-order chi connectivity index (χ1) is 13.3. The van der Waals surface area contributed by atoms with Crippen molar-refractivity contribution in [2.24, 2.45) is 10.7 Å². The zero-order valence-corrected chi connectivity index (χ0v) is 15.6. The van der Waals surface area contributed by atoms with Crippen LogP contribution in [0.5, 0.6) is 0 Å². The number of carbonyl (C=O) groups excluding carboxylic acids is 1. The molecule has 2 aromatic rings. The molecule has 2 heterocycles. The van der Waals surface area contributed by atoms with Gasteiger partial charge in [-0.15, -0.1) is 0 Å². The zero-order chi connectivity index (χ0) is 20.3. The highest BCUT2D eigenvalue weighted by molar-refractivity contribution is 5.92. The Morgan fingerprint density at radius 1 is 1.32 bits per heavy atom. The first-order valence-electron chi connectivity index (χ1n) is 8.56. The van der Waals surface area contributed by atoms with Crippen LogP contribution in [0.15, 0.2) is 46.7 Å². The molecule has 3 rings (SSSR count). The van der Waals surface area contributed by atoms with Crippen LogP contribution in [0.25, 0.3) is 0 Å². The van der Waals surface area contributed by atoms with Crippen molar-refractivity contribution in [2.75, 3.05) is 32.1 Å². The molecule has 1 aromatic carbocycles. The van der Waals surface area contributed by atoms with Gasteiger partial charge in [-0.3, -0.25) is 9.79 Å². The van der Waals surface area contributed by atoms with Crippen LogP contribution in [0.2, 0.25) is 0 Å². The van der Waals surface area contributed by atoms with E-state index in [1.165, 1.54) is 23.2 Å². The molecule has 2 N–H and O–H groups in total. The van der Waals surface area contributed by atoms with Crippen molar-refractivity contribution in [1.82, 2.24) is 14.9 Å². The molecule has 1 aliphatic rings. The molecule has 0 saturated heterocycles. The summed E-state index contributed by atoms with van der Waals surface area (Å²) in [5, 5.41) is 0. The van der Waals surface area contributed by atoms with Gasteiger partial charge in [0.1, 0.15) is 17.3 Å². The van der Waals surface area contributed by atoms with Gasteiger partial charge in [0.05, 0.1) is 13.1 Å². The first-order valence-corrected chi connectivity index (χ1v) is 8.56. The lowest BCUT2D eigenvalue weighted by Crippen LogP contribution is -2.27. The van der Waals surface area contributed by atoms with Gasteiger partial charge < -0.3 is 15.5 Å². The van der Waals surface area contributed by atoms with Gasteiger partial charge in [-0.2, -0.15) is 0 Å². The Kier molecular flexibility index (Phi) is 5.62. The largest absolute Gasteiger partial charge is 0.400 e. The van der Waals surface area contributed by atoms with Gasteiger partial charge in [0.15, 0.2) is 0 Å². The predicted molar refractivity (Wildman–Crippen MR) is 102 cm³/mol. The summed E-state index contributed by atoms with van der Waals surface area (Å²) in [5.41, 5.74) is 8.02. The van der Waals surface area contributed by atoms with E-state index < -0.39 is 11.6 Å². The summed E-state index contributed by atoms with van der Waals surface area (Å²) in [4.78, 5) is 28.1. The second kappa shape index (κ2) is 8.12. The maximum atomic E-state index is 13.7. The number of benzene rings is 1. The Hall–Kier alpha value is -3.36. The molecule has 1 aliphatic heterocycles. The SMILES string of the molecule is CN(C)C(=O)c1ccnc(N2CC(N)=C(C=NCc3ccc(F)cc3F)C2)n1. The third kappa shape index (κ3) is 4.30. The Morgan fingerprint density at radius 3 is 2.82 bits per heavy atom. The fraction of sp³-hybridized carbons (Fsp3) is 0.263. The normalized spacial score (nSPS) is 14.2. The molecular formula is C19H20F2N6O. The summed E-state index contributed by atoms with van der Waals surface area (Å²) in [6.07, 6.45) is 3.10. The van der Waals surface area contributed by atoms with Crippen LogP contribution in [-0.4, -0.2) is 54.2 Å². The molecule has 0 unspecified atom stereocenters. The highest BCUT2D eigenvalue weighted by Crippen LogP contribution is 2.19. The highest BCUT2D eigenvalue weighted by atomic mass is 19.1. The maximum absolute atomic E-state index is 13.7. The second-order valence-corrected chi connectivity index (χ2v) is 6.55. The molecule has 7 nitrogen and oxygen atoms in total. The number of nitrogens with zero attached hydrogens (tertiary/aromatic N) is 5. The van der Waals surface area contributed by atoms with Crippen molar-refractivity contribution in [2.45, 2.75) is 6.54 Å². The van der Waals surface area contributed by atoms with Crippen LogP contribution < -0.4 is 10.6 Å². The van der Waals surface area contributed by atoms with Crippen LogP contribution in [-0.2, 0) is 6.54 Å². The van der Waals surface area contributed by atoms with E-state index in [2.05, 4.69) is 15.0 Å². The third-order valence-corrected chi connectivity index (χ3v) is 4.21. The molecule has 0 radical (unpaired) electrons. The molecule has 146 valence electrons. The summed E-state index contributed by atoms with van der Waals surface area (Å²) in [7, 11) is 3.30. The lowest BCUT2D eigenvalue weighted by atomic mass is 10.2. The van der Waals surface area contributed by atoms with Crippen molar-refractivity contribution in [3.05, 3.63) is 64.6 Å². The molecule has 0 aliphatic carbocycles. The molecule has 1 aromatic heterocycles. The van der Waals surface area contributed by atoms with Crippen molar-refractivity contribution in [1.29, 1.82) is 0 Å². The van der Waals surface area contributed by atoms with Gasteiger partial charge in [0, 0.05) is 56.0 Å². The fourth-order valence-corrected chi connectivity index (χ4v) is 2.69. The number of anilines is 1. The van der Waals surface area contributed by atoms with Crippen LogP contribution >= 0.6 is 0 Å². The van der Waals surface area contributed by atoms with Crippen molar-refractivity contribution in [3.8, 4) is 0 Å². The van der Waals surface area contributed by atoms with Gasteiger partial charge in [-0.25, -0.2) is 18.7 Å². The topological polar surface area (TPSA) is 87.7 Å². The van der Waals surface area contributed by atoms with Gasteiger partial charge in [-0.05, 0) is 12.1 Å². The van der Waals surface area contributed by atoms with Gasteiger partial charge in [-0.1, -0.05) is 6.07 Å². The average molecular weight is 386 g/mol. The van der Waals surface area contributed by atoms with E-state index in [-0.39, 0.29) is 12.5 Å². The lowest BCUT2D eigenvalue weighted by Gasteiger charge is -2.17. The first kappa shape index (κ1) is 19.4. The molecule has 0 bridgehead atoms. The minimum absolute atomic E-state index is 0.0756. The fourth-order valence-electron chi connectivity index (χ4n) is 2.69. The number of aliphatic imine (C=N–C) groups is 1. The Bertz CT molecular complexity index is 957. The van der Waals surface area contributed by atoms with Crippen LogP contribution in [0.3, 0.4) is 0 Å². The summed E-state index contributed by atoms with van der Waals surface area (Å²) in [6.45, 7) is 0.888. The number of rotatable bonds is 5. The Morgan fingerprint density at radius 2 is 2.11 bits per heavy atom. The Labute approximate surface area is 161 Å². The summed E-state index contributed by atoms with van der Waals surface area (Å²) < 4.78 is 26.6. The van der Waals surface area contributed by atoms with Crippen molar-refractivity contribution >= 4 is 18.1 Å². The van der Waals surface area contributed by atoms with E-state index >= 15 is 0 Å². The van der Waals surface area contributed by atoms with E-state index in [4.69, 9.17) is 5.73 Å². The summed E-state index contributed by atoms with van der Waals surface area (Å²) in [6, 6.07) is 4.94. The minimum atomic E-state index is -0.636. The molecule has 0 fully saturated rings. The van der Waals surface area contributed by atoms with Crippen LogP contribution in [0.4, 0.5) is 14.7 Å². The molecular weight excluding hydrogens is 366 g/mol. The Balaban J connectivity index is 1.67. The van der Waals surface area contributed by atoms with E-state index in [0.29, 0.717) is 36.0 Å². The monoisotopic (exact) mass is 386 g/mol. The van der Waals surface area contributed by atoms with Gasteiger partial charge >= 0.3 is 0 Å². The van der Waals surface area contributed by atoms with Gasteiger partial charge in [0.25, 0.3) is 5.91 Å². The van der Waals surface area contributed by atoms with Crippen LogP contribution in [0, 0.1) is 11.6 Å². The number of aromatic nitrogens is 2. The standard InChI is InChI=1S/C19H20F2N6O/c1-26(2)18(28)17-5-6-24-19(25-17)27-10-13(16(22)11-27)9-23-8-12-3-4-14(20)7-15(12)21/h3-7,9H,8,10-11,22H2,1-2H3. The van der Waals surface area contributed by atoms with Crippen molar-refractivity contribution in [3.63, 3.8) is 0 Å². The number of hydrogen-bond acceptors (Lipinski definition) is 6. The highest BCUT2D eigenvalue weighted by Gasteiger charge is 2.22. The average Bonchev–Trinajstić information content (AvgIpc) is 3.03. The van der Waals surface area contributed by atoms with E-state index in [0.717, 1.165) is 11.6 Å². The summed E-state index contributed by atoms with van der Waals surface area (Å²) >= 11 is 0. The molecule has 1 amide bonds. The quantitative estimate of drug-likeness (QED) is 0.792. The van der Waals surface area contributed by atoms with Gasteiger partial charge in [0.2, 0.25) is 5.95 Å². The second-order valence-electron chi connectivity index (χ2n) is 6.55. The number of amides is 1. The number of hydrogen-bond donors (Lipinski definition) is 1. The van der Waals surface area contributed by atoms with E-state index in [1.54, 1.807) is 26.4 Å². The predicted octanol–water partition coefficient (Wildman–Crippen LogP) is 1.76.